The zero-order valence-electron chi connectivity index (χ0n) is 12.8. The van der Waals surface area contributed by atoms with Crippen LogP contribution in [0.1, 0.15) is 16.2 Å². The monoisotopic (exact) mass is 326 g/mol. The van der Waals surface area contributed by atoms with Crippen LogP contribution in [0.15, 0.2) is 54.9 Å². The Morgan fingerprint density at radius 3 is 2.52 bits per heavy atom. The van der Waals surface area contributed by atoms with E-state index in [9.17, 15) is 4.79 Å². The molecule has 0 saturated carbocycles. The molecule has 116 valence electrons. The van der Waals surface area contributed by atoms with Crippen LogP contribution in [0.4, 0.5) is 5.69 Å². The lowest BCUT2D eigenvalue weighted by Gasteiger charge is -2.16. The van der Waals surface area contributed by atoms with E-state index in [4.69, 9.17) is 11.6 Å². The van der Waals surface area contributed by atoms with Crippen molar-refractivity contribution in [1.29, 1.82) is 0 Å². The number of aryl methyl sites for hydroxylation is 1. The van der Waals surface area contributed by atoms with Crippen molar-refractivity contribution in [2.75, 3.05) is 11.9 Å². The number of hydrogen-bond acceptors (Lipinski definition) is 3. The number of hydrogen-bond donors (Lipinski definition) is 0. The molecule has 0 aliphatic carbocycles. The lowest BCUT2D eigenvalue weighted by atomic mass is 10.2. The van der Waals surface area contributed by atoms with Crippen molar-refractivity contribution >= 4 is 23.2 Å². The van der Waals surface area contributed by atoms with E-state index in [1.54, 1.807) is 23.9 Å². The number of carbonyl (C=O) groups is 1. The van der Waals surface area contributed by atoms with Crippen molar-refractivity contribution in [2.45, 2.75) is 6.92 Å². The smallest absolute Gasteiger partial charge is 0.297 e. The second kappa shape index (κ2) is 6.22. The first-order chi connectivity index (χ1) is 11.1. The number of nitrogens with zero attached hydrogens (tertiary/aromatic N) is 4. The molecule has 1 amide bonds. The number of para-hydroxylation sites is 1. The molecule has 3 rings (SSSR count). The Bertz CT molecular complexity index is 842. The molecule has 5 nitrogen and oxygen atoms in total. The predicted octanol–water partition coefficient (Wildman–Crippen LogP) is 3.51. The van der Waals surface area contributed by atoms with Gasteiger partial charge in [-0.1, -0.05) is 41.4 Å². The molecular weight excluding hydrogens is 312 g/mol. The number of aromatic nitrogens is 3. The van der Waals surface area contributed by atoms with Crippen LogP contribution in [0.5, 0.6) is 0 Å². The van der Waals surface area contributed by atoms with Crippen molar-refractivity contribution in [3.63, 3.8) is 0 Å². The van der Waals surface area contributed by atoms with Gasteiger partial charge < -0.3 is 4.90 Å². The van der Waals surface area contributed by atoms with Crippen molar-refractivity contribution in [3.05, 3.63) is 71.3 Å². The zero-order chi connectivity index (χ0) is 16.4. The van der Waals surface area contributed by atoms with Gasteiger partial charge in [-0.3, -0.25) is 4.79 Å². The summed E-state index contributed by atoms with van der Waals surface area (Å²) in [6, 6.07) is 15.0. The SMILES string of the molecule is Cc1ccc(-n2cnc(C(=O)N(C)c3ccccc3Cl)n2)cc1. The quantitative estimate of drug-likeness (QED) is 0.740. The number of rotatable bonds is 3. The molecule has 6 heteroatoms. The highest BCUT2D eigenvalue weighted by molar-refractivity contribution is 6.34. The van der Waals surface area contributed by atoms with Gasteiger partial charge in [-0.25, -0.2) is 9.67 Å². The van der Waals surface area contributed by atoms with Gasteiger partial charge in [-0.05, 0) is 31.2 Å². The van der Waals surface area contributed by atoms with Gasteiger partial charge >= 0.3 is 0 Å². The molecule has 0 aliphatic rings. The molecule has 0 atom stereocenters. The van der Waals surface area contributed by atoms with E-state index in [2.05, 4.69) is 10.1 Å². The van der Waals surface area contributed by atoms with E-state index in [0.29, 0.717) is 10.7 Å². The van der Waals surface area contributed by atoms with E-state index in [1.807, 2.05) is 43.3 Å². The fourth-order valence-corrected chi connectivity index (χ4v) is 2.43. The maximum absolute atomic E-state index is 12.5. The molecule has 1 heterocycles. The number of halogens is 1. The van der Waals surface area contributed by atoms with Crippen molar-refractivity contribution in [1.82, 2.24) is 14.8 Å². The Morgan fingerprint density at radius 2 is 1.83 bits per heavy atom. The summed E-state index contributed by atoms with van der Waals surface area (Å²) in [5, 5.41) is 4.76. The lowest BCUT2D eigenvalue weighted by Crippen LogP contribution is -2.27. The third kappa shape index (κ3) is 3.10. The summed E-state index contributed by atoms with van der Waals surface area (Å²) in [7, 11) is 1.65. The Labute approximate surface area is 139 Å². The summed E-state index contributed by atoms with van der Waals surface area (Å²) in [6.07, 6.45) is 1.53. The van der Waals surface area contributed by atoms with Crippen LogP contribution < -0.4 is 4.90 Å². The predicted molar refractivity (Wildman–Crippen MR) is 90.3 cm³/mol. The second-order valence-corrected chi connectivity index (χ2v) is 5.57. The van der Waals surface area contributed by atoms with E-state index < -0.39 is 0 Å². The molecule has 0 unspecified atom stereocenters. The van der Waals surface area contributed by atoms with E-state index in [1.165, 1.54) is 11.2 Å². The van der Waals surface area contributed by atoms with Crippen LogP contribution in [0.2, 0.25) is 5.02 Å². The van der Waals surface area contributed by atoms with Gasteiger partial charge in [0.1, 0.15) is 6.33 Å². The van der Waals surface area contributed by atoms with Gasteiger partial charge in [-0.15, -0.1) is 5.10 Å². The van der Waals surface area contributed by atoms with Crippen LogP contribution in [-0.4, -0.2) is 27.7 Å². The molecule has 23 heavy (non-hydrogen) atoms. The molecule has 0 radical (unpaired) electrons. The maximum atomic E-state index is 12.5. The standard InChI is InChI=1S/C17H15ClN4O/c1-12-7-9-13(10-8-12)22-11-19-16(20-22)17(23)21(2)15-6-4-3-5-14(15)18/h3-11H,1-2H3. The topological polar surface area (TPSA) is 51.0 Å². The number of anilines is 1. The van der Waals surface area contributed by atoms with E-state index in [0.717, 1.165) is 11.3 Å². The van der Waals surface area contributed by atoms with Crippen LogP contribution in [0.25, 0.3) is 5.69 Å². The van der Waals surface area contributed by atoms with Gasteiger partial charge in [0, 0.05) is 7.05 Å². The molecule has 0 bridgehead atoms. The Morgan fingerprint density at radius 1 is 1.13 bits per heavy atom. The molecule has 0 fully saturated rings. The zero-order valence-corrected chi connectivity index (χ0v) is 13.5. The van der Waals surface area contributed by atoms with Gasteiger partial charge in [-0.2, -0.15) is 0 Å². The van der Waals surface area contributed by atoms with Crippen LogP contribution in [0.3, 0.4) is 0 Å². The average Bonchev–Trinajstić information content (AvgIpc) is 3.04. The highest BCUT2D eigenvalue weighted by Gasteiger charge is 2.19. The molecule has 0 saturated heterocycles. The summed E-state index contributed by atoms with van der Waals surface area (Å²) in [4.78, 5) is 18.1. The third-order valence-electron chi connectivity index (χ3n) is 3.50. The fourth-order valence-electron chi connectivity index (χ4n) is 2.17. The Hall–Kier alpha value is -2.66. The highest BCUT2D eigenvalue weighted by atomic mass is 35.5. The molecule has 0 N–H and O–H groups in total. The fraction of sp³-hybridized carbons (Fsp3) is 0.118. The largest absolute Gasteiger partial charge is 0.307 e. The minimum absolute atomic E-state index is 0.119. The molecular formula is C17H15ClN4O. The third-order valence-corrected chi connectivity index (χ3v) is 3.82. The van der Waals surface area contributed by atoms with Crippen molar-refractivity contribution in [2.24, 2.45) is 0 Å². The van der Waals surface area contributed by atoms with Crippen LogP contribution >= 0.6 is 11.6 Å². The van der Waals surface area contributed by atoms with Crippen molar-refractivity contribution in [3.8, 4) is 5.69 Å². The first-order valence-corrected chi connectivity index (χ1v) is 7.45. The summed E-state index contributed by atoms with van der Waals surface area (Å²) in [5.41, 5.74) is 2.62. The molecule has 2 aromatic carbocycles. The Balaban J connectivity index is 1.86. The van der Waals surface area contributed by atoms with Gasteiger partial charge in [0.05, 0.1) is 16.4 Å². The number of amides is 1. The van der Waals surface area contributed by atoms with Crippen LogP contribution in [0, 0.1) is 6.92 Å². The number of benzene rings is 2. The average molecular weight is 327 g/mol. The van der Waals surface area contributed by atoms with Gasteiger partial charge in [0.25, 0.3) is 5.91 Å². The maximum Gasteiger partial charge on any atom is 0.297 e. The number of carbonyl (C=O) groups excluding carboxylic acids is 1. The molecule has 0 aliphatic heterocycles. The van der Waals surface area contributed by atoms with E-state index >= 15 is 0 Å². The van der Waals surface area contributed by atoms with Gasteiger partial charge in [0.15, 0.2) is 0 Å². The first kappa shape index (κ1) is 15.2. The first-order valence-electron chi connectivity index (χ1n) is 7.07. The Kier molecular flexibility index (Phi) is 4.12. The minimum Gasteiger partial charge on any atom is -0.307 e. The second-order valence-electron chi connectivity index (χ2n) is 5.16. The molecule has 0 spiro atoms. The summed E-state index contributed by atoms with van der Waals surface area (Å²) < 4.78 is 1.58. The molecule has 1 aromatic heterocycles. The highest BCUT2D eigenvalue weighted by Crippen LogP contribution is 2.24. The normalized spacial score (nSPS) is 10.6. The summed E-state index contributed by atoms with van der Waals surface area (Å²) in [5.74, 6) is -0.197. The summed E-state index contributed by atoms with van der Waals surface area (Å²) >= 11 is 6.13. The molecule has 3 aromatic rings. The van der Waals surface area contributed by atoms with Gasteiger partial charge in [0.2, 0.25) is 5.82 Å². The minimum atomic E-state index is -0.316. The lowest BCUT2D eigenvalue weighted by molar-refractivity contribution is 0.0983. The summed E-state index contributed by atoms with van der Waals surface area (Å²) in [6.45, 7) is 2.01. The van der Waals surface area contributed by atoms with E-state index in [-0.39, 0.29) is 11.7 Å². The van der Waals surface area contributed by atoms with Crippen molar-refractivity contribution < 1.29 is 4.79 Å². The van der Waals surface area contributed by atoms with Crippen LogP contribution in [-0.2, 0) is 0 Å².